The average molecular weight is 341 g/mol. The molecular weight excluding hydrogens is 304 g/mol. The lowest BCUT2D eigenvalue weighted by molar-refractivity contribution is -0.122. The molecule has 0 radical (unpaired) electrons. The fraction of sp³-hybridized carbons (Fsp3) is 0.842. The van der Waals surface area contributed by atoms with Crippen LogP contribution in [0, 0.1) is 0 Å². The van der Waals surface area contributed by atoms with Crippen LogP contribution in [0.3, 0.4) is 0 Å². The molecule has 0 rings (SSSR count). The minimum atomic E-state index is 0.0327. The van der Waals surface area contributed by atoms with Gasteiger partial charge in [0.1, 0.15) is 5.78 Å². The van der Waals surface area contributed by atoms with Gasteiger partial charge in [-0.15, -0.1) is 0 Å². The van der Waals surface area contributed by atoms with Crippen molar-refractivity contribution in [3.05, 3.63) is 0 Å². The lowest BCUT2D eigenvalue weighted by Gasteiger charge is -2.06. The van der Waals surface area contributed by atoms with Crippen LogP contribution in [0.5, 0.6) is 0 Å². The topological polar surface area (TPSA) is 75.3 Å². The summed E-state index contributed by atoms with van der Waals surface area (Å²) >= 11 is 0. The molecule has 0 saturated carbocycles. The second kappa shape index (κ2) is 16.5. The molecule has 24 heavy (non-hydrogen) atoms. The first-order chi connectivity index (χ1) is 11.6. The Bertz CT molecular complexity index is 357. The Hall–Kier alpha value is -1.39. The van der Waals surface area contributed by atoms with Gasteiger partial charge < -0.3 is 15.4 Å². The van der Waals surface area contributed by atoms with E-state index in [-0.39, 0.29) is 17.6 Å². The first kappa shape index (κ1) is 22.6. The predicted molar refractivity (Wildman–Crippen MR) is 97.8 cm³/mol. The maximum atomic E-state index is 11.7. The van der Waals surface area contributed by atoms with Crippen LogP contribution in [0.25, 0.3) is 0 Å². The van der Waals surface area contributed by atoms with Gasteiger partial charge in [0.2, 0.25) is 11.8 Å². The number of carbonyl (C=O) groups is 3. The molecule has 0 aromatic heterocycles. The van der Waals surface area contributed by atoms with E-state index in [1.54, 1.807) is 6.92 Å². The lowest BCUT2D eigenvalue weighted by Crippen LogP contribution is -2.26. The zero-order chi connectivity index (χ0) is 18.0. The smallest absolute Gasteiger partial charge is 0.220 e. The van der Waals surface area contributed by atoms with Gasteiger partial charge in [-0.1, -0.05) is 39.0 Å². The first-order valence-electron chi connectivity index (χ1n) is 9.59. The van der Waals surface area contributed by atoms with Crippen molar-refractivity contribution in [3.63, 3.8) is 0 Å². The first-order valence-corrected chi connectivity index (χ1v) is 9.59. The maximum absolute atomic E-state index is 11.7. The van der Waals surface area contributed by atoms with E-state index in [0.717, 1.165) is 57.9 Å². The summed E-state index contributed by atoms with van der Waals surface area (Å²) in [5.41, 5.74) is 0. The number of hydrogen-bond donors (Lipinski definition) is 2. The third-order valence-electron chi connectivity index (χ3n) is 3.94. The number of ketones is 1. The highest BCUT2D eigenvalue weighted by Crippen LogP contribution is 2.05. The molecule has 0 fully saturated rings. The molecule has 5 nitrogen and oxygen atoms in total. The molecule has 0 aliphatic rings. The van der Waals surface area contributed by atoms with E-state index in [1.807, 2.05) is 0 Å². The zero-order valence-corrected chi connectivity index (χ0v) is 15.6. The Kier molecular flexibility index (Phi) is 15.5. The molecule has 5 heteroatoms. The SMILES string of the molecule is CCCCCNC(=O)CCCC(=O)NCCCCCCCC(C)=O. The third kappa shape index (κ3) is 17.0. The van der Waals surface area contributed by atoms with E-state index in [1.165, 1.54) is 0 Å². The van der Waals surface area contributed by atoms with Gasteiger partial charge in [0.25, 0.3) is 0 Å². The van der Waals surface area contributed by atoms with Crippen molar-refractivity contribution in [1.82, 2.24) is 10.6 Å². The summed E-state index contributed by atoms with van der Waals surface area (Å²) in [4.78, 5) is 34.0. The second-order valence-corrected chi connectivity index (χ2v) is 6.48. The van der Waals surface area contributed by atoms with Crippen molar-refractivity contribution in [2.75, 3.05) is 13.1 Å². The molecule has 0 aromatic rings. The highest BCUT2D eigenvalue weighted by molar-refractivity contribution is 5.78. The van der Waals surface area contributed by atoms with Gasteiger partial charge in [0.15, 0.2) is 0 Å². The normalized spacial score (nSPS) is 10.4. The quantitative estimate of drug-likeness (QED) is 0.422. The van der Waals surface area contributed by atoms with E-state index >= 15 is 0 Å². The number of hydrogen-bond acceptors (Lipinski definition) is 3. The minimum Gasteiger partial charge on any atom is -0.356 e. The van der Waals surface area contributed by atoms with Crippen LogP contribution in [0.4, 0.5) is 0 Å². The highest BCUT2D eigenvalue weighted by atomic mass is 16.2. The molecule has 0 saturated heterocycles. The Morgan fingerprint density at radius 2 is 1.12 bits per heavy atom. The summed E-state index contributed by atoms with van der Waals surface area (Å²) in [6.07, 6.45) is 10.7. The van der Waals surface area contributed by atoms with Crippen molar-refractivity contribution in [3.8, 4) is 0 Å². The van der Waals surface area contributed by atoms with E-state index in [4.69, 9.17) is 0 Å². The number of unbranched alkanes of at least 4 members (excludes halogenated alkanes) is 6. The van der Waals surface area contributed by atoms with E-state index < -0.39 is 0 Å². The molecule has 0 aliphatic heterocycles. The monoisotopic (exact) mass is 340 g/mol. The Balaban J connectivity index is 3.34. The minimum absolute atomic E-state index is 0.0327. The number of rotatable bonds is 16. The molecule has 2 amide bonds. The maximum Gasteiger partial charge on any atom is 0.220 e. The Morgan fingerprint density at radius 3 is 1.67 bits per heavy atom. The summed E-state index contributed by atoms with van der Waals surface area (Å²) in [7, 11) is 0. The van der Waals surface area contributed by atoms with Crippen LogP contribution in [0.2, 0.25) is 0 Å². The molecule has 0 unspecified atom stereocenters. The van der Waals surface area contributed by atoms with E-state index in [9.17, 15) is 14.4 Å². The van der Waals surface area contributed by atoms with Gasteiger partial charge in [0, 0.05) is 32.4 Å². The van der Waals surface area contributed by atoms with Crippen LogP contribution in [0.1, 0.15) is 90.9 Å². The number of Topliss-reactive ketones (excluding diaryl/α,β-unsaturated/α-hetero) is 1. The summed E-state index contributed by atoms with van der Waals surface area (Å²) in [6, 6.07) is 0. The molecule has 2 N–H and O–H groups in total. The molecule has 0 atom stereocenters. The number of amides is 2. The van der Waals surface area contributed by atoms with Crippen LogP contribution < -0.4 is 10.6 Å². The predicted octanol–water partition coefficient (Wildman–Crippen LogP) is 3.51. The largest absolute Gasteiger partial charge is 0.356 e. The van der Waals surface area contributed by atoms with Crippen LogP contribution >= 0.6 is 0 Å². The molecule has 0 spiro atoms. The summed E-state index contributed by atoms with van der Waals surface area (Å²) in [5, 5.41) is 5.78. The Morgan fingerprint density at radius 1 is 0.625 bits per heavy atom. The lowest BCUT2D eigenvalue weighted by atomic mass is 10.1. The molecule has 0 aliphatic carbocycles. The molecule has 0 bridgehead atoms. The van der Waals surface area contributed by atoms with Crippen LogP contribution in [0.15, 0.2) is 0 Å². The molecule has 0 aromatic carbocycles. The standard InChI is InChI=1S/C19H36N2O3/c1-3-4-9-15-20-18(23)13-11-14-19(24)21-16-10-7-5-6-8-12-17(2)22/h3-16H2,1-2H3,(H,20,23)(H,21,24). The summed E-state index contributed by atoms with van der Waals surface area (Å²) in [5.74, 6) is 0.340. The number of carbonyl (C=O) groups excluding carboxylic acids is 3. The average Bonchev–Trinajstić information content (AvgIpc) is 2.54. The van der Waals surface area contributed by atoms with Crippen molar-refractivity contribution in [2.24, 2.45) is 0 Å². The highest BCUT2D eigenvalue weighted by Gasteiger charge is 2.04. The van der Waals surface area contributed by atoms with Gasteiger partial charge in [-0.05, 0) is 32.6 Å². The molecule has 0 heterocycles. The van der Waals surface area contributed by atoms with E-state index in [0.29, 0.717) is 32.2 Å². The van der Waals surface area contributed by atoms with Crippen molar-refractivity contribution in [1.29, 1.82) is 0 Å². The Labute approximate surface area is 147 Å². The van der Waals surface area contributed by atoms with Gasteiger partial charge in [-0.3, -0.25) is 9.59 Å². The summed E-state index contributed by atoms with van der Waals surface area (Å²) < 4.78 is 0. The number of nitrogens with one attached hydrogen (secondary N) is 2. The zero-order valence-electron chi connectivity index (χ0n) is 15.6. The molecular formula is C19H36N2O3. The van der Waals surface area contributed by atoms with Crippen LogP contribution in [-0.4, -0.2) is 30.7 Å². The van der Waals surface area contributed by atoms with Gasteiger partial charge >= 0.3 is 0 Å². The van der Waals surface area contributed by atoms with E-state index in [2.05, 4.69) is 17.6 Å². The van der Waals surface area contributed by atoms with Crippen molar-refractivity contribution in [2.45, 2.75) is 90.9 Å². The molecule has 140 valence electrons. The van der Waals surface area contributed by atoms with Crippen LogP contribution in [-0.2, 0) is 14.4 Å². The fourth-order valence-corrected chi connectivity index (χ4v) is 2.45. The van der Waals surface area contributed by atoms with Gasteiger partial charge in [0.05, 0.1) is 0 Å². The van der Waals surface area contributed by atoms with Crippen molar-refractivity contribution < 1.29 is 14.4 Å². The summed E-state index contributed by atoms with van der Waals surface area (Å²) in [6.45, 7) is 5.21. The third-order valence-corrected chi connectivity index (χ3v) is 3.94. The fourth-order valence-electron chi connectivity index (χ4n) is 2.45. The van der Waals surface area contributed by atoms with Gasteiger partial charge in [-0.25, -0.2) is 0 Å². The van der Waals surface area contributed by atoms with Gasteiger partial charge in [-0.2, -0.15) is 0 Å². The van der Waals surface area contributed by atoms with Crippen molar-refractivity contribution >= 4 is 17.6 Å². The second-order valence-electron chi connectivity index (χ2n) is 6.48.